The molecule has 2 rings (SSSR count). The van der Waals surface area contributed by atoms with Gasteiger partial charge >= 0.3 is 11.8 Å². The standard InChI is InChI=1S/C19H28N4O4/c1-13(2)17(24)21-15-5-4-6-16(11-15)22-19(26)18(25)20-14(3)12-23-7-9-27-10-8-23/h4-6,11,13-14H,7-10,12H2,1-3H3,(H,20,25)(H,21,24)(H,22,26)/t14-/m1/s1. The maximum Gasteiger partial charge on any atom is 0.313 e. The molecular formula is C19H28N4O4. The highest BCUT2D eigenvalue weighted by atomic mass is 16.5. The number of hydrogen-bond donors (Lipinski definition) is 3. The SMILES string of the molecule is CC(C)C(=O)Nc1cccc(NC(=O)C(=O)N[C@H](C)CN2CCOCC2)c1. The zero-order valence-electron chi connectivity index (χ0n) is 16.1. The number of rotatable bonds is 6. The first-order chi connectivity index (χ1) is 12.8. The average molecular weight is 376 g/mol. The molecule has 1 fully saturated rings. The van der Waals surface area contributed by atoms with Crippen LogP contribution < -0.4 is 16.0 Å². The van der Waals surface area contributed by atoms with Crippen LogP contribution in [0.15, 0.2) is 24.3 Å². The molecule has 1 aliphatic rings. The van der Waals surface area contributed by atoms with Crippen molar-refractivity contribution in [2.24, 2.45) is 5.92 Å². The van der Waals surface area contributed by atoms with Crippen molar-refractivity contribution in [3.8, 4) is 0 Å². The van der Waals surface area contributed by atoms with Crippen LogP contribution in [0.3, 0.4) is 0 Å². The molecule has 0 saturated carbocycles. The number of nitrogens with zero attached hydrogens (tertiary/aromatic N) is 1. The van der Waals surface area contributed by atoms with Crippen molar-refractivity contribution in [3.05, 3.63) is 24.3 Å². The van der Waals surface area contributed by atoms with Crippen molar-refractivity contribution < 1.29 is 19.1 Å². The predicted molar refractivity (Wildman–Crippen MR) is 103 cm³/mol. The summed E-state index contributed by atoms with van der Waals surface area (Å²) in [6, 6.07) is 6.54. The van der Waals surface area contributed by atoms with E-state index >= 15 is 0 Å². The smallest absolute Gasteiger partial charge is 0.313 e. The molecule has 8 nitrogen and oxygen atoms in total. The molecular weight excluding hydrogens is 348 g/mol. The second-order valence-electron chi connectivity index (χ2n) is 6.97. The van der Waals surface area contributed by atoms with Crippen LogP contribution in [0.2, 0.25) is 0 Å². The molecule has 148 valence electrons. The van der Waals surface area contributed by atoms with Crippen LogP contribution >= 0.6 is 0 Å². The lowest BCUT2D eigenvalue weighted by Crippen LogP contribution is -2.48. The zero-order valence-corrected chi connectivity index (χ0v) is 16.1. The Balaban J connectivity index is 1.84. The van der Waals surface area contributed by atoms with Crippen LogP contribution in [0, 0.1) is 5.92 Å². The molecule has 1 aromatic carbocycles. The van der Waals surface area contributed by atoms with Gasteiger partial charge in [0.15, 0.2) is 0 Å². The molecule has 1 aliphatic heterocycles. The molecule has 8 heteroatoms. The normalized spacial score (nSPS) is 15.9. The molecule has 27 heavy (non-hydrogen) atoms. The van der Waals surface area contributed by atoms with Crippen LogP contribution in [-0.2, 0) is 19.1 Å². The van der Waals surface area contributed by atoms with Gasteiger partial charge in [0.05, 0.1) is 13.2 Å². The van der Waals surface area contributed by atoms with Crippen molar-refractivity contribution in [1.82, 2.24) is 10.2 Å². The third-order valence-electron chi connectivity index (χ3n) is 4.13. The number of carbonyl (C=O) groups is 3. The van der Waals surface area contributed by atoms with Crippen molar-refractivity contribution in [2.45, 2.75) is 26.8 Å². The maximum atomic E-state index is 12.1. The lowest BCUT2D eigenvalue weighted by Gasteiger charge is -2.29. The van der Waals surface area contributed by atoms with Gasteiger partial charge in [0.25, 0.3) is 0 Å². The zero-order chi connectivity index (χ0) is 19.8. The molecule has 0 spiro atoms. The number of anilines is 2. The van der Waals surface area contributed by atoms with E-state index in [1.807, 2.05) is 6.92 Å². The topological polar surface area (TPSA) is 99.8 Å². The molecule has 1 aromatic rings. The van der Waals surface area contributed by atoms with E-state index in [4.69, 9.17) is 4.74 Å². The molecule has 1 atom stereocenters. The predicted octanol–water partition coefficient (Wildman–Crippen LogP) is 1.06. The lowest BCUT2D eigenvalue weighted by atomic mass is 10.2. The summed E-state index contributed by atoms with van der Waals surface area (Å²) in [5, 5.41) is 8.02. The van der Waals surface area contributed by atoms with Crippen LogP contribution in [0.4, 0.5) is 11.4 Å². The first-order valence-corrected chi connectivity index (χ1v) is 9.18. The van der Waals surface area contributed by atoms with Gasteiger partial charge in [-0.15, -0.1) is 0 Å². The first kappa shape index (κ1) is 20.9. The van der Waals surface area contributed by atoms with Gasteiger partial charge in [0.2, 0.25) is 5.91 Å². The summed E-state index contributed by atoms with van der Waals surface area (Å²) >= 11 is 0. The molecule has 0 radical (unpaired) electrons. The van der Waals surface area contributed by atoms with Crippen LogP contribution in [0.1, 0.15) is 20.8 Å². The van der Waals surface area contributed by atoms with Crippen molar-refractivity contribution in [2.75, 3.05) is 43.5 Å². The minimum atomic E-state index is -0.740. The molecule has 0 aliphatic carbocycles. The summed E-state index contributed by atoms with van der Waals surface area (Å²) in [5.41, 5.74) is 1.00. The lowest BCUT2D eigenvalue weighted by molar-refractivity contribution is -0.136. The van der Waals surface area contributed by atoms with E-state index in [2.05, 4.69) is 20.9 Å². The van der Waals surface area contributed by atoms with E-state index in [-0.39, 0.29) is 17.9 Å². The Hall–Kier alpha value is -2.45. The van der Waals surface area contributed by atoms with Gasteiger partial charge < -0.3 is 20.7 Å². The van der Waals surface area contributed by atoms with Gasteiger partial charge in [-0.2, -0.15) is 0 Å². The Morgan fingerprint density at radius 1 is 1.04 bits per heavy atom. The highest BCUT2D eigenvalue weighted by Gasteiger charge is 2.19. The second kappa shape index (κ2) is 10.0. The summed E-state index contributed by atoms with van der Waals surface area (Å²) in [5.74, 6) is -1.70. The van der Waals surface area contributed by atoms with E-state index in [1.165, 1.54) is 0 Å². The van der Waals surface area contributed by atoms with Crippen LogP contribution in [0.25, 0.3) is 0 Å². The Morgan fingerprint density at radius 2 is 1.67 bits per heavy atom. The van der Waals surface area contributed by atoms with Gasteiger partial charge in [-0.25, -0.2) is 0 Å². The fourth-order valence-corrected chi connectivity index (χ4v) is 2.66. The Morgan fingerprint density at radius 3 is 2.30 bits per heavy atom. The van der Waals surface area contributed by atoms with E-state index in [0.29, 0.717) is 31.1 Å². The van der Waals surface area contributed by atoms with Crippen molar-refractivity contribution in [1.29, 1.82) is 0 Å². The summed E-state index contributed by atoms with van der Waals surface area (Å²) in [6.45, 7) is 9.13. The number of nitrogens with one attached hydrogen (secondary N) is 3. The number of carbonyl (C=O) groups excluding carboxylic acids is 3. The van der Waals surface area contributed by atoms with Crippen molar-refractivity contribution >= 4 is 29.1 Å². The Labute approximate surface area is 159 Å². The minimum absolute atomic E-state index is 0.117. The molecule has 1 saturated heterocycles. The van der Waals surface area contributed by atoms with Crippen LogP contribution in [0.5, 0.6) is 0 Å². The number of amides is 3. The first-order valence-electron chi connectivity index (χ1n) is 9.18. The van der Waals surface area contributed by atoms with Gasteiger partial charge in [0.1, 0.15) is 0 Å². The summed E-state index contributed by atoms with van der Waals surface area (Å²) < 4.78 is 5.29. The number of ether oxygens (including phenoxy) is 1. The second-order valence-corrected chi connectivity index (χ2v) is 6.97. The molecule has 0 aromatic heterocycles. The quantitative estimate of drug-likeness (QED) is 0.645. The maximum absolute atomic E-state index is 12.1. The highest BCUT2D eigenvalue weighted by Crippen LogP contribution is 2.16. The third kappa shape index (κ3) is 6.99. The van der Waals surface area contributed by atoms with Crippen molar-refractivity contribution in [3.63, 3.8) is 0 Å². The number of benzene rings is 1. The molecule has 1 heterocycles. The van der Waals surface area contributed by atoms with E-state index in [0.717, 1.165) is 13.1 Å². The minimum Gasteiger partial charge on any atom is -0.379 e. The molecule has 3 amide bonds. The highest BCUT2D eigenvalue weighted by molar-refractivity contribution is 6.39. The van der Waals surface area contributed by atoms with E-state index < -0.39 is 11.8 Å². The van der Waals surface area contributed by atoms with E-state index in [1.54, 1.807) is 38.1 Å². The van der Waals surface area contributed by atoms with Gasteiger partial charge in [-0.3, -0.25) is 19.3 Å². The summed E-state index contributed by atoms with van der Waals surface area (Å²) in [4.78, 5) is 38.2. The summed E-state index contributed by atoms with van der Waals surface area (Å²) in [7, 11) is 0. The molecule has 0 bridgehead atoms. The fraction of sp³-hybridized carbons (Fsp3) is 0.526. The number of hydrogen-bond acceptors (Lipinski definition) is 5. The Bertz CT molecular complexity index is 671. The number of morpholine rings is 1. The van der Waals surface area contributed by atoms with Gasteiger partial charge in [-0.05, 0) is 25.1 Å². The molecule has 3 N–H and O–H groups in total. The monoisotopic (exact) mass is 376 g/mol. The third-order valence-corrected chi connectivity index (χ3v) is 4.13. The van der Waals surface area contributed by atoms with E-state index in [9.17, 15) is 14.4 Å². The van der Waals surface area contributed by atoms with Gasteiger partial charge in [0, 0.05) is 43.0 Å². The summed E-state index contributed by atoms with van der Waals surface area (Å²) in [6.07, 6.45) is 0. The van der Waals surface area contributed by atoms with Crippen LogP contribution in [-0.4, -0.2) is 61.5 Å². The average Bonchev–Trinajstić information content (AvgIpc) is 2.62. The van der Waals surface area contributed by atoms with Gasteiger partial charge in [-0.1, -0.05) is 19.9 Å². The largest absolute Gasteiger partial charge is 0.379 e. The fourth-order valence-electron chi connectivity index (χ4n) is 2.66. The Kier molecular flexibility index (Phi) is 7.75. The molecule has 0 unspecified atom stereocenters.